The summed E-state index contributed by atoms with van der Waals surface area (Å²) in [6, 6.07) is 16.5. The van der Waals surface area contributed by atoms with Crippen LogP contribution in [-0.2, 0) is 11.3 Å². The molecule has 1 aliphatic heterocycles. The fourth-order valence-corrected chi connectivity index (χ4v) is 4.83. The minimum atomic E-state index is -0.562. The van der Waals surface area contributed by atoms with Crippen molar-refractivity contribution < 1.29 is 13.9 Å². The van der Waals surface area contributed by atoms with Gasteiger partial charge in [0.1, 0.15) is 10.8 Å². The lowest BCUT2D eigenvalue weighted by Gasteiger charge is -2.32. The number of piperidine rings is 1. The van der Waals surface area contributed by atoms with Crippen LogP contribution < -0.4 is 5.32 Å². The summed E-state index contributed by atoms with van der Waals surface area (Å²) >= 11 is 7.55. The van der Waals surface area contributed by atoms with Gasteiger partial charge in [-0.25, -0.2) is 14.2 Å². The zero-order valence-electron chi connectivity index (χ0n) is 18.3. The number of pyridine rings is 1. The monoisotopic (exact) mass is 485 g/mol. The van der Waals surface area contributed by atoms with E-state index >= 15 is 0 Å². The van der Waals surface area contributed by atoms with Gasteiger partial charge in [0, 0.05) is 28.3 Å². The number of anilines is 1. The Bertz CT molecular complexity index is 1090. The number of amides is 1. The Labute approximate surface area is 202 Å². The van der Waals surface area contributed by atoms with Crippen molar-refractivity contribution in [2.24, 2.45) is 0 Å². The fourth-order valence-electron chi connectivity index (χ4n) is 3.95. The molecule has 0 radical (unpaired) electrons. The van der Waals surface area contributed by atoms with Crippen molar-refractivity contribution in [2.75, 3.05) is 25.5 Å². The lowest BCUT2D eigenvalue weighted by atomic mass is 9.88. The van der Waals surface area contributed by atoms with E-state index in [1.807, 2.05) is 36.5 Å². The lowest BCUT2D eigenvalue weighted by molar-refractivity contribution is 0.187. The highest BCUT2D eigenvalue weighted by Gasteiger charge is 2.23. The van der Waals surface area contributed by atoms with Crippen molar-refractivity contribution in [3.8, 4) is 0 Å². The van der Waals surface area contributed by atoms with E-state index in [0.29, 0.717) is 11.3 Å². The molecule has 1 aromatic heterocycles. The molecule has 0 atom stereocenters. The molecule has 1 amide bonds. The molecule has 2 aromatic carbocycles. The van der Waals surface area contributed by atoms with Crippen LogP contribution in [0.3, 0.4) is 0 Å². The minimum Gasteiger partial charge on any atom is -0.453 e. The second-order valence-corrected chi connectivity index (χ2v) is 9.49. The number of halogens is 2. The summed E-state index contributed by atoms with van der Waals surface area (Å²) in [4.78, 5) is 19.5. The third-order valence-corrected chi connectivity index (χ3v) is 6.91. The Morgan fingerprint density at radius 3 is 2.61 bits per heavy atom. The van der Waals surface area contributed by atoms with Crippen LogP contribution in [0.1, 0.15) is 29.9 Å². The van der Waals surface area contributed by atoms with E-state index in [1.54, 1.807) is 23.9 Å². The van der Waals surface area contributed by atoms with Gasteiger partial charge in [0.15, 0.2) is 0 Å². The first-order valence-electron chi connectivity index (χ1n) is 10.8. The van der Waals surface area contributed by atoms with Crippen LogP contribution in [0.4, 0.5) is 14.9 Å². The van der Waals surface area contributed by atoms with Gasteiger partial charge >= 0.3 is 6.09 Å². The SMILES string of the molecule is COC(=O)Nc1ccc(F)c(C2CCN(Cc3ccc(Sc4ccc(Cl)cc4)nc3)CC2)c1. The highest BCUT2D eigenvalue weighted by Crippen LogP contribution is 2.32. The van der Waals surface area contributed by atoms with Gasteiger partial charge in [-0.15, -0.1) is 0 Å². The molecule has 0 bridgehead atoms. The number of likely N-dealkylation sites (tertiary alicyclic amines) is 1. The van der Waals surface area contributed by atoms with Gasteiger partial charge in [0.25, 0.3) is 0 Å². The van der Waals surface area contributed by atoms with Crippen LogP contribution in [0.15, 0.2) is 70.7 Å². The number of nitrogens with one attached hydrogen (secondary N) is 1. The summed E-state index contributed by atoms with van der Waals surface area (Å²) < 4.78 is 19.1. The highest BCUT2D eigenvalue weighted by molar-refractivity contribution is 7.99. The summed E-state index contributed by atoms with van der Waals surface area (Å²) in [7, 11) is 1.30. The third kappa shape index (κ3) is 6.47. The second-order valence-electron chi connectivity index (χ2n) is 7.96. The van der Waals surface area contributed by atoms with E-state index in [1.165, 1.54) is 13.2 Å². The van der Waals surface area contributed by atoms with Gasteiger partial charge in [0.05, 0.1) is 7.11 Å². The predicted octanol–water partition coefficient (Wildman–Crippen LogP) is 6.58. The molecule has 5 nitrogen and oxygen atoms in total. The smallest absolute Gasteiger partial charge is 0.411 e. The average molecular weight is 486 g/mol. The van der Waals surface area contributed by atoms with Gasteiger partial charge in [-0.1, -0.05) is 29.4 Å². The molecule has 0 unspecified atom stereocenters. The number of rotatable bonds is 6. The van der Waals surface area contributed by atoms with Crippen molar-refractivity contribution in [3.63, 3.8) is 0 Å². The number of carbonyl (C=O) groups is 1. The maximum Gasteiger partial charge on any atom is 0.411 e. The number of hydrogen-bond acceptors (Lipinski definition) is 5. The number of benzene rings is 2. The molecule has 8 heteroatoms. The van der Waals surface area contributed by atoms with Crippen molar-refractivity contribution in [1.29, 1.82) is 0 Å². The predicted molar refractivity (Wildman–Crippen MR) is 129 cm³/mol. The Morgan fingerprint density at radius 2 is 1.94 bits per heavy atom. The van der Waals surface area contributed by atoms with E-state index < -0.39 is 6.09 Å². The van der Waals surface area contributed by atoms with Gasteiger partial charge in [-0.05, 0) is 91.5 Å². The topological polar surface area (TPSA) is 54.5 Å². The number of ether oxygens (including phenoxy) is 1. The van der Waals surface area contributed by atoms with Crippen LogP contribution in [0, 0.1) is 5.82 Å². The summed E-state index contributed by atoms with van der Waals surface area (Å²) in [5, 5.41) is 4.27. The summed E-state index contributed by atoms with van der Waals surface area (Å²) in [5.74, 6) is -0.112. The van der Waals surface area contributed by atoms with E-state index in [2.05, 4.69) is 26.0 Å². The van der Waals surface area contributed by atoms with Crippen LogP contribution >= 0.6 is 23.4 Å². The first kappa shape index (κ1) is 23.5. The summed E-state index contributed by atoms with van der Waals surface area (Å²) in [6.45, 7) is 2.57. The van der Waals surface area contributed by atoms with Gasteiger partial charge < -0.3 is 4.74 Å². The first-order chi connectivity index (χ1) is 16.0. The van der Waals surface area contributed by atoms with Crippen molar-refractivity contribution >= 4 is 35.1 Å². The summed E-state index contributed by atoms with van der Waals surface area (Å²) in [5.41, 5.74) is 2.35. The number of nitrogens with zero attached hydrogens (tertiary/aromatic N) is 2. The largest absolute Gasteiger partial charge is 0.453 e. The number of aromatic nitrogens is 1. The molecule has 0 aliphatic carbocycles. The lowest BCUT2D eigenvalue weighted by Crippen LogP contribution is -2.32. The molecule has 3 aromatic rings. The number of methoxy groups -OCH3 is 1. The first-order valence-corrected chi connectivity index (χ1v) is 11.9. The number of carbonyl (C=O) groups excluding carboxylic acids is 1. The molecule has 172 valence electrons. The molecular weight excluding hydrogens is 461 g/mol. The molecule has 1 aliphatic rings. The molecule has 0 saturated carbocycles. The maximum atomic E-state index is 14.5. The van der Waals surface area contributed by atoms with Crippen LogP contribution in [0.25, 0.3) is 0 Å². The molecule has 1 N–H and O–H groups in total. The van der Waals surface area contributed by atoms with Crippen LogP contribution in [0.2, 0.25) is 5.02 Å². The maximum absolute atomic E-state index is 14.5. The molecule has 33 heavy (non-hydrogen) atoms. The second kappa shape index (κ2) is 11.0. The Morgan fingerprint density at radius 1 is 1.18 bits per heavy atom. The fraction of sp³-hybridized carbons (Fsp3) is 0.280. The van der Waals surface area contributed by atoms with Crippen molar-refractivity contribution in [3.05, 3.63) is 82.8 Å². The van der Waals surface area contributed by atoms with E-state index in [4.69, 9.17) is 11.6 Å². The molecule has 1 fully saturated rings. The van der Waals surface area contributed by atoms with E-state index in [-0.39, 0.29) is 11.7 Å². The highest BCUT2D eigenvalue weighted by atomic mass is 35.5. The Hall–Kier alpha value is -2.61. The third-order valence-electron chi connectivity index (χ3n) is 5.70. The van der Waals surface area contributed by atoms with Crippen LogP contribution in [-0.4, -0.2) is 36.2 Å². The molecule has 4 rings (SSSR count). The van der Waals surface area contributed by atoms with E-state index in [9.17, 15) is 9.18 Å². The normalized spacial score (nSPS) is 14.8. The average Bonchev–Trinajstić information content (AvgIpc) is 2.83. The molecule has 1 saturated heterocycles. The van der Waals surface area contributed by atoms with Gasteiger partial charge in [0.2, 0.25) is 0 Å². The van der Waals surface area contributed by atoms with E-state index in [0.717, 1.165) is 53.0 Å². The molecule has 2 heterocycles. The molecular formula is C25H25ClFN3O2S. The van der Waals surface area contributed by atoms with Crippen molar-refractivity contribution in [1.82, 2.24) is 9.88 Å². The summed E-state index contributed by atoms with van der Waals surface area (Å²) in [6.07, 6.45) is 3.08. The minimum absolute atomic E-state index is 0.122. The number of hydrogen-bond donors (Lipinski definition) is 1. The zero-order chi connectivity index (χ0) is 23.2. The van der Waals surface area contributed by atoms with Gasteiger partial charge in [-0.3, -0.25) is 10.2 Å². The van der Waals surface area contributed by atoms with Crippen molar-refractivity contribution in [2.45, 2.75) is 35.2 Å². The quantitative estimate of drug-likeness (QED) is 0.427. The molecule has 0 spiro atoms. The standard InChI is InChI=1S/C25H25ClFN3O2S/c1-32-25(31)29-20-5-8-23(27)22(14-20)18-10-12-30(13-11-18)16-17-2-9-24(28-15-17)33-21-6-3-19(26)4-7-21/h2-9,14-15,18H,10-13,16H2,1H3,(H,29,31). The zero-order valence-corrected chi connectivity index (χ0v) is 19.8. The van der Waals surface area contributed by atoms with Gasteiger partial charge in [-0.2, -0.15) is 0 Å². The Kier molecular flexibility index (Phi) is 7.85. The van der Waals surface area contributed by atoms with Crippen LogP contribution in [0.5, 0.6) is 0 Å². The Balaban J connectivity index is 1.31.